The molecule has 0 spiro atoms. The van der Waals surface area contributed by atoms with Gasteiger partial charge >= 0.3 is 0 Å². The summed E-state index contributed by atoms with van der Waals surface area (Å²) < 4.78 is 26.3. The van der Waals surface area contributed by atoms with Crippen molar-refractivity contribution < 1.29 is 18.7 Å². The van der Waals surface area contributed by atoms with Gasteiger partial charge in [-0.15, -0.1) is 0 Å². The number of benzene rings is 1. The number of phenols is 1. The van der Waals surface area contributed by atoms with Gasteiger partial charge in [-0.1, -0.05) is 0 Å². The minimum absolute atomic E-state index is 0.197. The zero-order valence-electron chi connectivity index (χ0n) is 9.70. The Kier molecular flexibility index (Phi) is 3.47. The number of nitrogens with zero attached hydrogens (tertiary/aromatic N) is 1. The molecule has 2 rings (SSSR count). The Morgan fingerprint density at radius 3 is 2.56 bits per heavy atom. The van der Waals surface area contributed by atoms with Crippen LogP contribution in [0, 0.1) is 17.6 Å². The van der Waals surface area contributed by atoms with Gasteiger partial charge in [0.15, 0.2) is 17.4 Å². The van der Waals surface area contributed by atoms with Gasteiger partial charge in [-0.25, -0.2) is 8.78 Å². The lowest BCUT2D eigenvalue weighted by Crippen LogP contribution is -2.27. The lowest BCUT2D eigenvalue weighted by Gasteiger charge is -2.15. The van der Waals surface area contributed by atoms with Crippen LogP contribution in [0.1, 0.15) is 12.0 Å². The van der Waals surface area contributed by atoms with Gasteiger partial charge in [0.05, 0.1) is 5.92 Å². The van der Waals surface area contributed by atoms with E-state index in [4.69, 9.17) is 10.8 Å². The molecule has 1 atom stereocenters. The Labute approximate surface area is 103 Å². The number of amides is 1. The standard InChI is InChI=1S/C12H14F2N2O2/c13-9-3-7(4-10(14)11(9)17)5-16-2-1-8(6-16)12(15)18/h3-4,8,17H,1-2,5-6H2,(H2,15,18). The van der Waals surface area contributed by atoms with Gasteiger partial charge in [0.25, 0.3) is 0 Å². The van der Waals surface area contributed by atoms with Crippen molar-refractivity contribution in [3.05, 3.63) is 29.3 Å². The number of hydrogen-bond acceptors (Lipinski definition) is 3. The van der Waals surface area contributed by atoms with Crippen LogP contribution in [0.3, 0.4) is 0 Å². The maximum Gasteiger partial charge on any atom is 0.221 e. The molecule has 0 saturated carbocycles. The quantitative estimate of drug-likeness (QED) is 0.847. The molecule has 1 unspecified atom stereocenters. The molecule has 1 aliphatic heterocycles. The van der Waals surface area contributed by atoms with E-state index in [0.29, 0.717) is 31.6 Å². The summed E-state index contributed by atoms with van der Waals surface area (Å²) in [5, 5.41) is 8.98. The molecular formula is C12H14F2N2O2. The number of nitrogens with two attached hydrogens (primary N) is 1. The number of hydrogen-bond donors (Lipinski definition) is 2. The van der Waals surface area contributed by atoms with Gasteiger partial charge in [0.2, 0.25) is 5.91 Å². The van der Waals surface area contributed by atoms with Crippen molar-refractivity contribution in [2.45, 2.75) is 13.0 Å². The molecule has 1 amide bonds. The van der Waals surface area contributed by atoms with E-state index in [1.54, 1.807) is 0 Å². The van der Waals surface area contributed by atoms with Crippen LogP contribution in [0.2, 0.25) is 0 Å². The molecule has 1 aromatic rings. The highest BCUT2D eigenvalue weighted by Gasteiger charge is 2.26. The van der Waals surface area contributed by atoms with Gasteiger partial charge in [-0.2, -0.15) is 0 Å². The topological polar surface area (TPSA) is 66.6 Å². The minimum Gasteiger partial charge on any atom is -0.503 e. The van der Waals surface area contributed by atoms with Gasteiger partial charge < -0.3 is 10.8 Å². The first-order valence-electron chi connectivity index (χ1n) is 5.66. The predicted molar refractivity (Wildman–Crippen MR) is 60.6 cm³/mol. The Balaban J connectivity index is 2.05. The fourth-order valence-corrected chi connectivity index (χ4v) is 2.18. The van der Waals surface area contributed by atoms with E-state index in [-0.39, 0.29) is 11.8 Å². The second-order valence-corrected chi connectivity index (χ2v) is 4.53. The Hall–Kier alpha value is -1.69. The van der Waals surface area contributed by atoms with E-state index in [0.717, 1.165) is 12.1 Å². The van der Waals surface area contributed by atoms with Crippen molar-refractivity contribution in [2.75, 3.05) is 13.1 Å². The van der Waals surface area contributed by atoms with Crippen LogP contribution >= 0.6 is 0 Å². The molecule has 98 valence electrons. The molecule has 1 heterocycles. The van der Waals surface area contributed by atoms with Gasteiger partial charge in [-0.05, 0) is 30.7 Å². The van der Waals surface area contributed by atoms with Gasteiger partial charge in [-0.3, -0.25) is 9.69 Å². The van der Waals surface area contributed by atoms with Crippen LogP contribution in [0.5, 0.6) is 5.75 Å². The van der Waals surface area contributed by atoms with E-state index in [1.165, 1.54) is 0 Å². The van der Waals surface area contributed by atoms with Crippen LogP contribution in [-0.4, -0.2) is 29.0 Å². The fourth-order valence-electron chi connectivity index (χ4n) is 2.18. The molecule has 1 aliphatic rings. The number of halogens is 2. The first kappa shape index (κ1) is 12.8. The Morgan fingerprint density at radius 1 is 1.44 bits per heavy atom. The number of aromatic hydroxyl groups is 1. The van der Waals surface area contributed by atoms with E-state index < -0.39 is 17.4 Å². The molecule has 18 heavy (non-hydrogen) atoms. The third-order valence-electron chi connectivity index (χ3n) is 3.16. The Morgan fingerprint density at radius 2 is 2.06 bits per heavy atom. The lowest BCUT2D eigenvalue weighted by atomic mass is 10.1. The van der Waals surface area contributed by atoms with Crippen molar-refractivity contribution in [3.63, 3.8) is 0 Å². The van der Waals surface area contributed by atoms with Crippen LogP contribution in [0.4, 0.5) is 8.78 Å². The van der Waals surface area contributed by atoms with E-state index in [1.807, 2.05) is 4.90 Å². The molecule has 0 aliphatic carbocycles. The van der Waals surface area contributed by atoms with Crippen molar-refractivity contribution >= 4 is 5.91 Å². The average molecular weight is 256 g/mol. The normalized spacial score (nSPS) is 20.2. The fraction of sp³-hybridized carbons (Fsp3) is 0.417. The molecule has 1 saturated heterocycles. The number of carbonyl (C=O) groups excluding carboxylic acids is 1. The van der Waals surface area contributed by atoms with E-state index >= 15 is 0 Å². The van der Waals surface area contributed by atoms with Crippen molar-refractivity contribution in [3.8, 4) is 5.75 Å². The number of rotatable bonds is 3. The third kappa shape index (κ3) is 2.59. The summed E-state index contributed by atoms with van der Waals surface area (Å²) in [4.78, 5) is 12.9. The molecule has 1 fully saturated rings. The molecule has 3 N–H and O–H groups in total. The second kappa shape index (κ2) is 4.89. The van der Waals surface area contributed by atoms with E-state index in [9.17, 15) is 13.6 Å². The molecule has 1 aromatic carbocycles. The summed E-state index contributed by atoms with van der Waals surface area (Å²) in [5.41, 5.74) is 5.63. The van der Waals surface area contributed by atoms with Crippen molar-refractivity contribution in [2.24, 2.45) is 11.7 Å². The molecule has 6 heteroatoms. The number of phenolic OH excluding ortho intramolecular Hbond substituents is 1. The molecule has 0 bridgehead atoms. The highest BCUT2D eigenvalue weighted by atomic mass is 19.1. The summed E-state index contributed by atoms with van der Waals surface area (Å²) in [5.74, 6) is -3.46. The van der Waals surface area contributed by atoms with Crippen LogP contribution in [0.25, 0.3) is 0 Å². The predicted octanol–water partition coefficient (Wildman–Crippen LogP) is 0.978. The van der Waals surface area contributed by atoms with Gasteiger partial charge in [0, 0.05) is 13.1 Å². The summed E-state index contributed by atoms with van der Waals surface area (Å²) in [7, 11) is 0. The summed E-state index contributed by atoms with van der Waals surface area (Å²) in [6, 6.07) is 2.19. The minimum atomic E-state index is -0.976. The summed E-state index contributed by atoms with van der Waals surface area (Å²) in [6.45, 7) is 1.50. The van der Waals surface area contributed by atoms with Crippen LogP contribution < -0.4 is 5.73 Å². The Bertz CT molecular complexity index is 456. The molecule has 0 aromatic heterocycles. The smallest absolute Gasteiger partial charge is 0.221 e. The maximum atomic E-state index is 13.1. The number of likely N-dealkylation sites (tertiary alicyclic amines) is 1. The zero-order valence-corrected chi connectivity index (χ0v) is 9.70. The van der Waals surface area contributed by atoms with Crippen molar-refractivity contribution in [1.29, 1.82) is 0 Å². The number of primary amides is 1. The van der Waals surface area contributed by atoms with Crippen LogP contribution in [0.15, 0.2) is 12.1 Å². The van der Waals surface area contributed by atoms with Crippen LogP contribution in [-0.2, 0) is 11.3 Å². The maximum absolute atomic E-state index is 13.1. The van der Waals surface area contributed by atoms with Crippen molar-refractivity contribution in [1.82, 2.24) is 4.90 Å². The monoisotopic (exact) mass is 256 g/mol. The highest BCUT2D eigenvalue weighted by molar-refractivity contribution is 5.77. The molecule has 4 nitrogen and oxygen atoms in total. The highest BCUT2D eigenvalue weighted by Crippen LogP contribution is 2.24. The lowest BCUT2D eigenvalue weighted by molar-refractivity contribution is -0.121. The molecule has 0 radical (unpaired) electrons. The first-order chi connectivity index (χ1) is 8.47. The van der Waals surface area contributed by atoms with E-state index in [2.05, 4.69) is 0 Å². The summed E-state index contributed by atoms with van der Waals surface area (Å²) >= 11 is 0. The molecular weight excluding hydrogens is 242 g/mol. The zero-order chi connectivity index (χ0) is 13.3. The second-order valence-electron chi connectivity index (χ2n) is 4.53. The first-order valence-corrected chi connectivity index (χ1v) is 5.66. The number of carbonyl (C=O) groups is 1. The largest absolute Gasteiger partial charge is 0.503 e. The van der Waals surface area contributed by atoms with Gasteiger partial charge in [0.1, 0.15) is 0 Å². The SMILES string of the molecule is NC(=O)C1CCN(Cc2cc(F)c(O)c(F)c2)C1. The average Bonchev–Trinajstić information content (AvgIpc) is 2.74. The summed E-state index contributed by atoms with van der Waals surface area (Å²) in [6.07, 6.45) is 0.665. The third-order valence-corrected chi connectivity index (χ3v) is 3.16.